The molecule has 6 nitrogen and oxygen atoms in total. The summed E-state index contributed by atoms with van der Waals surface area (Å²) in [4.78, 5) is 23.9. The predicted molar refractivity (Wildman–Crippen MR) is 122 cm³/mol. The first-order valence-electron chi connectivity index (χ1n) is 9.41. The summed E-state index contributed by atoms with van der Waals surface area (Å²) in [6.45, 7) is 0.621. The molecule has 1 aliphatic heterocycles. The molecule has 1 atom stereocenters. The molecule has 1 aliphatic rings. The van der Waals surface area contributed by atoms with E-state index in [0.29, 0.717) is 23.2 Å². The number of halogens is 2. The number of anilines is 2. The average Bonchev–Trinajstić information content (AvgIpc) is 3.49. The molecule has 1 fully saturated rings. The van der Waals surface area contributed by atoms with Gasteiger partial charge in [0, 0.05) is 34.1 Å². The van der Waals surface area contributed by atoms with Crippen LogP contribution in [-0.2, 0) is 0 Å². The molecule has 0 bridgehead atoms. The second-order valence-corrected chi connectivity index (χ2v) is 9.13. The quantitative estimate of drug-likeness (QED) is 0.338. The topological polar surface area (TPSA) is 71.3 Å². The van der Waals surface area contributed by atoms with E-state index in [4.69, 9.17) is 4.42 Å². The molecule has 1 N–H and O–H groups in total. The lowest BCUT2D eigenvalue weighted by atomic mass is 10.2. The third-order valence-corrected chi connectivity index (χ3v) is 6.67. The van der Waals surface area contributed by atoms with Crippen LogP contribution in [0, 0.1) is 9.39 Å². The van der Waals surface area contributed by atoms with Crippen LogP contribution in [-0.4, -0.2) is 27.3 Å². The smallest absolute Gasteiger partial charge is 0.292 e. The van der Waals surface area contributed by atoms with Crippen molar-refractivity contribution >= 4 is 62.2 Å². The molecule has 4 heterocycles. The zero-order valence-corrected chi connectivity index (χ0v) is 18.6. The molecule has 1 amide bonds. The van der Waals surface area contributed by atoms with Gasteiger partial charge in [-0.2, -0.15) is 0 Å². The van der Waals surface area contributed by atoms with Gasteiger partial charge in [-0.3, -0.25) is 9.78 Å². The highest BCUT2D eigenvalue weighted by atomic mass is 127. The van der Waals surface area contributed by atoms with Gasteiger partial charge in [-0.25, -0.2) is 9.37 Å². The first-order chi connectivity index (χ1) is 14.6. The minimum atomic E-state index is -0.402. The van der Waals surface area contributed by atoms with Crippen LogP contribution in [0.5, 0.6) is 0 Å². The molecule has 9 heteroatoms. The predicted octanol–water partition coefficient (Wildman–Crippen LogP) is 5.75. The molecule has 30 heavy (non-hydrogen) atoms. The fourth-order valence-corrected chi connectivity index (χ4v) is 4.98. The van der Waals surface area contributed by atoms with Crippen LogP contribution in [0.2, 0.25) is 0 Å². The molecule has 0 spiro atoms. The summed E-state index contributed by atoms with van der Waals surface area (Å²) in [6.07, 6.45) is 6.72. The van der Waals surface area contributed by atoms with Gasteiger partial charge < -0.3 is 14.6 Å². The number of aromatic nitrogens is 2. The van der Waals surface area contributed by atoms with Gasteiger partial charge in [-0.05, 0) is 59.7 Å². The summed E-state index contributed by atoms with van der Waals surface area (Å²) in [5.74, 6) is -0.489. The zero-order valence-electron chi connectivity index (χ0n) is 15.6. The van der Waals surface area contributed by atoms with Crippen molar-refractivity contribution in [1.29, 1.82) is 0 Å². The Bertz CT molecular complexity index is 1230. The number of nitrogens with zero attached hydrogens (tertiary/aromatic N) is 3. The Morgan fingerprint density at radius 3 is 3.03 bits per heavy atom. The van der Waals surface area contributed by atoms with Crippen LogP contribution in [0.4, 0.5) is 15.8 Å². The first-order valence-corrected chi connectivity index (χ1v) is 11.4. The maximum atomic E-state index is 14.5. The summed E-state index contributed by atoms with van der Waals surface area (Å²) < 4.78 is 21.2. The maximum Gasteiger partial charge on any atom is 0.292 e. The number of pyridine rings is 1. The van der Waals surface area contributed by atoms with Gasteiger partial charge in [0.15, 0.2) is 0 Å². The number of benzene rings is 1. The lowest BCUT2D eigenvalue weighted by Crippen LogP contribution is -2.30. The lowest BCUT2D eigenvalue weighted by molar-refractivity contribution is 0.0707. The molecule has 1 unspecified atom stereocenters. The van der Waals surface area contributed by atoms with Crippen molar-refractivity contribution in [3.05, 3.63) is 68.4 Å². The van der Waals surface area contributed by atoms with Crippen LogP contribution < -0.4 is 5.32 Å². The number of amides is 1. The Balaban J connectivity index is 1.57. The van der Waals surface area contributed by atoms with E-state index in [1.54, 1.807) is 53.0 Å². The Hall–Kier alpha value is -2.53. The standard InChI is InChI=1S/C21H16FIN4O2S/c22-14-10-12(23)3-4-15(14)26-18-13-11-24-6-5-17(13)29-19(18)21(28)27-8-1-2-16(27)20-25-7-9-30-20/h3-7,9-11,16,26H,1-2,8H2. The number of nitrogens with one attached hydrogen (secondary N) is 1. The van der Waals surface area contributed by atoms with Crippen molar-refractivity contribution in [3.8, 4) is 0 Å². The van der Waals surface area contributed by atoms with Gasteiger partial charge in [0.25, 0.3) is 5.91 Å². The molecule has 152 valence electrons. The van der Waals surface area contributed by atoms with E-state index in [0.717, 1.165) is 21.4 Å². The number of carbonyl (C=O) groups is 1. The SMILES string of the molecule is O=C(c1oc2ccncc2c1Nc1ccc(I)cc1F)N1CCCC1c1nccs1. The minimum absolute atomic E-state index is 0.0771. The number of carbonyl (C=O) groups excluding carboxylic acids is 1. The summed E-state index contributed by atoms with van der Waals surface area (Å²) in [5.41, 5.74) is 1.22. The maximum absolute atomic E-state index is 14.5. The fourth-order valence-electron chi connectivity index (χ4n) is 3.74. The second kappa shape index (κ2) is 7.95. The Morgan fingerprint density at radius 1 is 1.33 bits per heavy atom. The zero-order chi connectivity index (χ0) is 20.7. The molecule has 5 rings (SSSR count). The second-order valence-electron chi connectivity index (χ2n) is 6.95. The molecule has 0 saturated carbocycles. The van der Waals surface area contributed by atoms with Crippen molar-refractivity contribution in [2.45, 2.75) is 18.9 Å². The van der Waals surface area contributed by atoms with Crippen LogP contribution in [0.15, 0.2) is 52.7 Å². The summed E-state index contributed by atoms with van der Waals surface area (Å²) in [5, 5.41) is 6.53. The summed E-state index contributed by atoms with van der Waals surface area (Å²) >= 11 is 3.59. The monoisotopic (exact) mass is 534 g/mol. The van der Waals surface area contributed by atoms with Gasteiger partial charge >= 0.3 is 0 Å². The van der Waals surface area contributed by atoms with Crippen LogP contribution in [0.25, 0.3) is 11.0 Å². The highest BCUT2D eigenvalue weighted by Crippen LogP contribution is 2.39. The van der Waals surface area contributed by atoms with Crippen LogP contribution in [0.1, 0.15) is 34.4 Å². The van der Waals surface area contributed by atoms with E-state index in [-0.39, 0.29) is 23.4 Å². The first kappa shape index (κ1) is 19.4. The normalized spacial score (nSPS) is 16.3. The molecule has 4 aromatic rings. The fraction of sp³-hybridized carbons (Fsp3) is 0.190. The Kier molecular flexibility index (Phi) is 5.15. The van der Waals surface area contributed by atoms with Gasteiger partial charge in [-0.15, -0.1) is 11.3 Å². The van der Waals surface area contributed by atoms with E-state index >= 15 is 0 Å². The number of hydrogen-bond donors (Lipinski definition) is 1. The number of likely N-dealkylation sites (tertiary alicyclic amines) is 1. The van der Waals surface area contributed by atoms with E-state index in [1.165, 1.54) is 6.07 Å². The largest absolute Gasteiger partial charge is 0.448 e. The molecule has 0 radical (unpaired) electrons. The average molecular weight is 534 g/mol. The number of hydrogen-bond acceptors (Lipinski definition) is 6. The molecule has 0 aliphatic carbocycles. The number of furan rings is 1. The van der Waals surface area contributed by atoms with E-state index in [2.05, 4.69) is 37.9 Å². The molecule has 3 aromatic heterocycles. The van der Waals surface area contributed by atoms with Gasteiger partial charge in [0.05, 0.1) is 17.1 Å². The van der Waals surface area contributed by atoms with Crippen LogP contribution >= 0.6 is 33.9 Å². The van der Waals surface area contributed by atoms with Crippen molar-refractivity contribution < 1.29 is 13.6 Å². The minimum Gasteiger partial charge on any atom is -0.448 e. The van der Waals surface area contributed by atoms with Gasteiger partial charge in [0.2, 0.25) is 5.76 Å². The Morgan fingerprint density at radius 2 is 2.23 bits per heavy atom. The lowest BCUT2D eigenvalue weighted by Gasteiger charge is -2.22. The molecule has 1 saturated heterocycles. The van der Waals surface area contributed by atoms with Gasteiger partial charge in [0.1, 0.15) is 22.1 Å². The highest BCUT2D eigenvalue weighted by molar-refractivity contribution is 14.1. The van der Waals surface area contributed by atoms with Crippen molar-refractivity contribution in [3.63, 3.8) is 0 Å². The van der Waals surface area contributed by atoms with Crippen molar-refractivity contribution in [2.75, 3.05) is 11.9 Å². The number of fused-ring (bicyclic) bond motifs is 1. The van der Waals surface area contributed by atoms with Gasteiger partial charge in [-0.1, -0.05) is 0 Å². The van der Waals surface area contributed by atoms with E-state index in [9.17, 15) is 9.18 Å². The third-order valence-electron chi connectivity index (χ3n) is 5.12. The third kappa shape index (κ3) is 3.45. The highest BCUT2D eigenvalue weighted by Gasteiger charge is 2.35. The van der Waals surface area contributed by atoms with Crippen molar-refractivity contribution in [2.24, 2.45) is 0 Å². The van der Waals surface area contributed by atoms with E-state index < -0.39 is 5.82 Å². The number of rotatable bonds is 4. The van der Waals surface area contributed by atoms with Crippen LogP contribution in [0.3, 0.4) is 0 Å². The summed E-state index contributed by atoms with van der Waals surface area (Å²) in [6, 6.07) is 6.50. The molecular formula is C21H16FIN4O2S. The van der Waals surface area contributed by atoms with E-state index in [1.807, 2.05) is 5.38 Å². The number of thiazole rings is 1. The molecular weight excluding hydrogens is 518 g/mol. The summed E-state index contributed by atoms with van der Waals surface area (Å²) in [7, 11) is 0. The Labute approximate surface area is 189 Å². The van der Waals surface area contributed by atoms with Crippen molar-refractivity contribution in [1.82, 2.24) is 14.9 Å². The molecule has 1 aromatic carbocycles.